The van der Waals surface area contributed by atoms with Crippen LogP contribution in [-0.4, -0.2) is 44.3 Å². The number of amides is 1. The molecular weight excluding hydrogens is 313 g/mol. The maximum absolute atomic E-state index is 13.0. The first kappa shape index (κ1) is 16.2. The third-order valence-electron chi connectivity index (χ3n) is 4.39. The number of aliphatic carboxylic acids is 1. The molecule has 7 heteroatoms. The fourth-order valence-electron chi connectivity index (χ4n) is 3.02. The molecule has 126 valence electrons. The summed E-state index contributed by atoms with van der Waals surface area (Å²) in [6.07, 6.45) is 2.54. The first-order chi connectivity index (χ1) is 11.5. The van der Waals surface area contributed by atoms with Crippen LogP contribution in [0.2, 0.25) is 0 Å². The largest absolute Gasteiger partial charge is 0.481 e. The van der Waals surface area contributed by atoms with E-state index in [2.05, 4.69) is 5.10 Å². The molecule has 1 aromatic carbocycles. The standard InChI is InChI=1S/C17H18FN3O3/c1-11-10-12(17(23)24)6-8-20(11)16(22)15-7-9-21(19-15)14-4-2-13(18)3-5-14/h2-5,7,9,11-12H,6,8,10H2,1H3,(H,23,24)/t11-,12-/m1/s1. The summed E-state index contributed by atoms with van der Waals surface area (Å²) in [5.74, 6) is -1.76. The summed E-state index contributed by atoms with van der Waals surface area (Å²) in [5.41, 5.74) is 0.952. The van der Waals surface area contributed by atoms with Crippen LogP contribution in [0.1, 0.15) is 30.3 Å². The van der Waals surface area contributed by atoms with Crippen molar-refractivity contribution in [1.29, 1.82) is 0 Å². The van der Waals surface area contributed by atoms with E-state index in [1.54, 1.807) is 29.3 Å². The van der Waals surface area contributed by atoms with Gasteiger partial charge in [0, 0.05) is 18.8 Å². The van der Waals surface area contributed by atoms with Crippen molar-refractivity contribution in [2.45, 2.75) is 25.8 Å². The van der Waals surface area contributed by atoms with Crippen molar-refractivity contribution >= 4 is 11.9 Å². The van der Waals surface area contributed by atoms with E-state index in [1.165, 1.54) is 16.8 Å². The summed E-state index contributed by atoms with van der Waals surface area (Å²) in [6.45, 7) is 2.25. The average molecular weight is 331 g/mol. The van der Waals surface area contributed by atoms with Crippen LogP contribution in [0.4, 0.5) is 4.39 Å². The summed E-state index contributed by atoms with van der Waals surface area (Å²) < 4.78 is 14.5. The molecule has 1 aliphatic rings. The molecule has 1 fully saturated rings. The van der Waals surface area contributed by atoms with E-state index in [9.17, 15) is 14.0 Å². The van der Waals surface area contributed by atoms with Crippen molar-refractivity contribution in [3.05, 3.63) is 48.0 Å². The zero-order valence-corrected chi connectivity index (χ0v) is 13.2. The second-order valence-corrected chi connectivity index (χ2v) is 6.03. The molecular formula is C17H18FN3O3. The van der Waals surface area contributed by atoms with Crippen molar-refractivity contribution in [1.82, 2.24) is 14.7 Å². The Labute approximate surface area is 138 Å². The molecule has 2 heterocycles. The van der Waals surface area contributed by atoms with Crippen molar-refractivity contribution in [2.75, 3.05) is 6.54 Å². The van der Waals surface area contributed by atoms with Gasteiger partial charge in [0.2, 0.25) is 0 Å². The first-order valence-electron chi connectivity index (χ1n) is 7.81. The Kier molecular flexibility index (Phi) is 4.33. The van der Waals surface area contributed by atoms with Gasteiger partial charge in [0.05, 0.1) is 11.6 Å². The van der Waals surface area contributed by atoms with Crippen LogP contribution in [0.15, 0.2) is 36.5 Å². The third-order valence-corrected chi connectivity index (χ3v) is 4.39. The fourth-order valence-corrected chi connectivity index (χ4v) is 3.02. The number of piperidine rings is 1. The number of carboxylic acids is 1. The van der Waals surface area contributed by atoms with Gasteiger partial charge in [0.25, 0.3) is 5.91 Å². The Morgan fingerprint density at radius 2 is 1.96 bits per heavy atom. The van der Waals surface area contributed by atoms with Crippen LogP contribution in [0, 0.1) is 11.7 Å². The number of carbonyl (C=O) groups is 2. The maximum Gasteiger partial charge on any atom is 0.306 e. The van der Waals surface area contributed by atoms with Gasteiger partial charge in [0.15, 0.2) is 5.69 Å². The van der Waals surface area contributed by atoms with Crippen molar-refractivity contribution in [3.63, 3.8) is 0 Å². The second kappa shape index (κ2) is 6.43. The number of hydrogen-bond acceptors (Lipinski definition) is 3. The molecule has 1 saturated heterocycles. The van der Waals surface area contributed by atoms with Gasteiger partial charge in [-0.15, -0.1) is 0 Å². The number of carbonyl (C=O) groups excluding carboxylic acids is 1. The molecule has 0 saturated carbocycles. The Balaban J connectivity index is 1.74. The molecule has 0 unspecified atom stereocenters. The lowest BCUT2D eigenvalue weighted by atomic mass is 9.91. The minimum absolute atomic E-state index is 0.150. The minimum Gasteiger partial charge on any atom is -0.481 e. The summed E-state index contributed by atoms with van der Waals surface area (Å²) in [7, 11) is 0. The van der Waals surface area contributed by atoms with E-state index in [0.717, 1.165) is 0 Å². The quantitative estimate of drug-likeness (QED) is 0.937. The van der Waals surface area contributed by atoms with Gasteiger partial charge in [-0.25, -0.2) is 9.07 Å². The molecule has 1 aromatic heterocycles. The number of aromatic nitrogens is 2. The summed E-state index contributed by atoms with van der Waals surface area (Å²) >= 11 is 0. The van der Waals surface area contributed by atoms with E-state index in [0.29, 0.717) is 30.8 Å². The van der Waals surface area contributed by atoms with Crippen LogP contribution in [0.25, 0.3) is 5.69 Å². The molecule has 24 heavy (non-hydrogen) atoms. The molecule has 2 aromatic rings. The molecule has 2 atom stereocenters. The summed E-state index contributed by atoms with van der Waals surface area (Å²) in [6, 6.07) is 7.29. The number of nitrogens with zero attached hydrogens (tertiary/aromatic N) is 3. The number of rotatable bonds is 3. The zero-order chi connectivity index (χ0) is 17.3. The van der Waals surface area contributed by atoms with Gasteiger partial charge in [0.1, 0.15) is 5.82 Å². The number of likely N-dealkylation sites (tertiary alicyclic amines) is 1. The van der Waals surface area contributed by atoms with Gasteiger partial charge in [-0.05, 0) is 50.1 Å². The van der Waals surface area contributed by atoms with Gasteiger partial charge in [-0.1, -0.05) is 0 Å². The lowest BCUT2D eigenvalue weighted by Crippen LogP contribution is -2.46. The predicted molar refractivity (Wildman–Crippen MR) is 84.4 cm³/mol. The van der Waals surface area contributed by atoms with Crippen LogP contribution in [0.3, 0.4) is 0 Å². The SMILES string of the molecule is C[C@@H]1C[C@H](C(=O)O)CCN1C(=O)c1ccn(-c2ccc(F)cc2)n1. The van der Waals surface area contributed by atoms with Gasteiger partial charge in [-0.3, -0.25) is 9.59 Å². The Bertz CT molecular complexity index is 757. The van der Waals surface area contributed by atoms with Gasteiger partial charge in [-0.2, -0.15) is 5.10 Å². The van der Waals surface area contributed by atoms with Crippen LogP contribution < -0.4 is 0 Å². The zero-order valence-electron chi connectivity index (χ0n) is 13.2. The lowest BCUT2D eigenvalue weighted by molar-refractivity contribution is -0.143. The molecule has 0 aliphatic carbocycles. The molecule has 1 aliphatic heterocycles. The van der Waals surface area contributed by atoms with Crippen LogP contribution >= 0.6 is 0 Å². The van der Waals surface area contributed by atoms with E-state index in [1.807, 2.05) is 6.92 Å². The number of benzene rings is 1. The van der Waals surface area contributed by atoms with Crippen LogP contribution in [-0.2, 0) is 4.79 Å². The van der Waals surface area contributed by atoms with E-state index in [-0.39, 0.29) is 17.8 Å². The summed E-state index contributed by atoms with van der Waals surface area (Å²) in [5, 5.41) is 13.4. The summed E-state index contributed by atoms with van der Waals surface area (Å²) in [4.78, 5) is 25.4. The number of halogens is 1. The smallest absolute Gasteiger partial charge is 0.306 e. The van der Waals surface area contributed by atoms with Gasteiger partial charge < -0.3 is 10.0 Å². The number of hydrogen-bond donors (Lipinski definition) is 1. The molecule has 0 radical (unpaired) electrons. The maximum atomic E-state index is 13.0. The predicted octanol–water partition coefficient (Wildman–Crippen LogP) is 2.34. The Morgan fingerprint density at radius 1 is 1.25 bits per heavy atom. The topological polar surface area (TPSA) is 75.4 Å². The molecule has 3 rings (SSSR count). The highest BCUT2D eigenvalue weighted by molar-refractivity contribution is 5.92. The minimum atomic E-state index is -0.811. The normalized spacial score (nSPS) is 20.8. The molecule has 1 amide bonds. The Morgan fingerprint density at radius 3 is 2.58 bits per heavy atom. The second-order valence-electron chi connectivity index (χ2n) is 6.03. The fraction of sp³-hybridized carbons (Fsp3) is 0.353. The monoisotopic (exact) mass is 331 g/mol. The van der Waals surface area contributed by atoms with Crippen molar-refractivity contribution in [3.8, 4) is 5.69 Å². The average Bonchev–Trinajstić information content (AvgIpc) is 3.04. The Hall–Kier alpha value is -2.70. The van der Waals surface area contributed by atoms with E-state index < -0.39 is 11.9 Å². The highest BCUT2D eigenvalue weighted by Gasteiger charge is 2.33. The highest BCUT2D eigenvalue weighted by Crippen LogP contribution is 2.24. The molecule has 0 spiro atoms. The van der Waals surface area contributed by atoms with Gasteiger partial charge >= 0.3 is 5.97 Å². The third kappa shape index (κ3) is 3.15. The van der Waals surface area contributed by atoms with E-state index in [4.69, 9.17) is 5.11 Å². The molecule has 0 bridgehead atoms. The van der Waals surface area contributed by atoms with Crippen molar-refractivity contribution in [2.24, 2.45) is 5.92 Å². The van der Waals surface area contributed by atoms with Crippen LogP contribution in [0.5, 0.6) is 0 Å². The highest BCUT2D eigenvalue weighted by atomic mass is 19.1. The molecule has 6 nitrogen and oxygen atoms in total. The lowest BCUT2D eigenvalue weighted by Gasteiger charge is -2.35. The molecule has 1 N–H and O–H groups in total. The number of carboxylic acid groups (broad SMARTS) is 1. The van der Waals surface area contributed by atoms with E-state index >= 15 is 0 Å². The van der Waals surface area contributed by atoms with Crippen molar-refractivity contribution < 1.29 is 19.1 Å². The first-order valence-corrected chi connectivity index (χ1v) is 7.81.